The number of aryl methyl sites for hydroxylation is 1. The summed E-state index contributed by atoms with van der Waals surface area (Å²) in [6.45, 7) is 6.31. The Balaban J connectivity index is 2.06. The molecule has 0 spiro atoms. The summed E-state index contributed by atoms with van der Waals surface area (Å²) in [5, 5.41) is 9.06. The minimum atomic E-state index is -0.716. The van der Waals surface area contributed by atoms with Crippen LogP contribution in [0.2, 0.25) is 0 Å². The smallest absolute Gasteiger partial charge is 0.304 e. The third-order valence-corrected chi connectivity index (χ3v) is 4.34. The first-order valence-corrected chi connectivity index (χ1v) is 7.14. The molecule has 1 fully saturated rings. The van der Waals surface area contributed by atoms with E-state index in [9.17, 15) is 4.79 Å². The van der Waals surface area contributed by atoms with Crippen molar-refractivity contribution in [2.45, 2.75) is 51.5 Å². The molecular weight excluding hydrogens is 252 g/mol. The number of aromatic nitrogens is 2. The quantitative estimate of drug-likeness (QED) is 0.927. The van der Waals surface area contributed by atoms with Gasteiger partial charge in [0.15, 0.2) is 0 Å². The van der Waals surface area contributed by atoms with Gasteiger partial charge >= 0.3 is 5.97 Å². The molecule has 1 heterocycles. The van der Waals surface area contributed by atoms with Gasteiger partial charge in [0.1, 0.15) is 5.82 Å². The predicted molar refractivity (Wildman–Crippen MR) is 78.0 cm³/mol. The average Bonchev–Trinajstić information content (AvgIpc) is 3.02. The van der Waals surface area contributed by atoms with Gasteiger partial charge in [0.25, 0.3) is 0 Å². The van der Waals surface area contributed by atoms with Gasteiger partial charge in [0.05, 0.1) is 17.5 Å². The molecule has 4 heteroatoms. The highest BCUT2D eigenvalue weighted by Crippen LogP contribution is 2.51. The van der Waals surface area contributed by atoms with E-state index in [2.05, 4.69) is 41.6 Å². The largest absolute Gasteiger partial charge is 0.481 e. The number of hydrogen-bond donors (Lipinski definition) is 1. The molecule has 106 valence electrons. The van der Waals surface area contributed by atoms with Gasteiger partial charge in [0, 0.05) is 11.5 Å². The summed E-state index contributed by atoms with van der Waals surface area (Å²) >= 11 is 0. The Morgan fingerprint density at radius 1 is 1.45 bits per heavy atom. The molecule has 1 aliphatic rings. The molecule has 1 N–H and O–H groups in total. The SMILES string of the molecule is Cc1nc2cc(C3(CC(=O)O)CC3)ccc2n1C(C)C. The second kappa shape index (κ2) is 4.33. The van der Waals surface area contributed by atoms with Crippen LogP contribution in [0, 0.1) is 6.92 Å². The van der Waals surface area contributed by atoms with E-state index in [0.717, 1.165) is 35.3 Å². The third kappa shape index (κ3) is 1.99. The number of carboxylic acids is 1. The van der Waals surface area contributed by atoms with Gasteiger partial charge in [-0.1, -0.05) is 6.07 Å². The molecule has 20 heavy (non-hydrogen) atoms. The lowest BCUT2D eigenvalue weighted by Crippen LogP contribution is -2.12. The molecule has 4 nitrogen and oxygen atoms in total. The third-order valence-electron chi connectivity index (χ3n) is 4.34. The van der Waals surface area contributed by atoms with E-state index in [0.29, 0.717) is 6.04 Å². The zero-order valence-corrected chi connectivity index (χ0v) is 12.2. The van der Waals surface area contributed by atoms with Gasteiger partial charge in [-0.05, 0) is 51.3 Å². The van der Waals surface area contributed by atoms with Gasteiger partial charge in [-0.15, -0.1) is 0 Å². The van der Waals surface area contributed by atoms with Crippen LogP contribution in [0.3, 0.4) is 0 Å². The van der Waals surface area contributed by atoms with Crippen molar-refractivity contribution in [1.29, 1.82) is 0 Å². The maximum atomic E-state index is 11.0. The van der Waals surface area contributed by atoms with Crippen LogP contribution < -0.4 is 0 Å². The monoisotopic (exact) mass is 272 g/mol. The first-order valence-electron chi connectivity index (χ1n) is 7.14. The highest BCUT2D eigenvalue weighted by Gasteiger charge is 2.46. The Morgan fingerprint density at radius 2 is 2.15 bits per heavy atom. The van der Waals surface area contributed by atoms with E-state index in [1.165, 1.54) is 0 Å². The van der Waals surface area contributed by atoms with E-state index in [-0.39, 0.29) is 11.8 Å². The molecule has 3 rings (SSSR count). The Bertz CT molecular complexity index is 681. The Kier molecular flexibility index (Phi) is 2.85. The molecule has 0 unspecified atom stereocenters. The molecule has 0 saturated heterocycles. The van der Waals surface area contributed by atoms with E-state index in [4.69, 9.17) is 5.11 Å². The second-order valence-electron chi connectivity index (χ2n) is 6.18. The van der Waals surface area contributed by atoms with Crippen molar-refractivity contribution in [3.05, 3.63) is 29.6 Å². The molecule has 1 saturated carbocycles. The molecule has 2 aromatic rings. The number of nitrogens with zero attached hydrogens (tertiary/aromatic N) is 2. The lowest BCUT2D eigenvalue weighted by atomic mass is 9.92. The lowest BCUT2D eigenvalue weighted by molar-refractivity contribution is -0.137. The molecule has 1 aromatic carbocycles. The van der Waals surface area contributed by atoms with Crippen LogP contribution in [0.25, 0.3) is 11.0 Å². The zero-order valence-electron chi connectivity index (χ0n) is 12.2. The number of carboxylic acid groups (broad SMARTS) is 1. The van der Waals surface area contributed by atoms with E-state index in [1.54, 1.807) is 0 Å². The van der Waals surface area contributed by atoms with Gasteiger partial charge < -0.3 is 9.67 Å². The van der Waals surface area contributed by atoms with Crippen molar-refractivity contribution in [3.8, 4) is 0 Å². The standard InChI is InChI=1S/C16H20N2O2/c1-10(2)18-11(3)17-13-8-12(4-5-14(13)18)16(6-7-16)9-15(19)20/h4-5,8,10H,6-7,9H2,1-3H3,(H,19,20). The summed E-state index contributed by atoms with van der Waals surface area (Å²) in [5.74, 6) is 0.293. The Morgan fingerprint density at radius 3 is 2.70 bits per heavy atom. The van der Waals surface area contributed by atoms with Crippen molar-refractivity contribution in [1.82, 2.24) is 9.55 Å². The zero-order chi connectivity index (χ0) is 14.5. The number of carbonyl (C=O) groups is 1. The fraction of sp³-hybridized carbons (Fsp3) is 0.500. The van der Waals surface area contributed by atoms with Crippen LogP contribution in [-0.4, -0.2) is 20.6 Å². The number of hydrogen-bond acceptors (Lipinski definition) is 2. The highest BCUT2D eigenvalue weighted by atomic mass is 16.4. The topological polar surface area (TPSA) is 55.1 Å². The van der Waals surface area contributed by atoms with E-state index < -0.39 is 5.97 Å². The molecule has 1 aromatic heterocycles. The van der Waals surface area contributed by atoms with Crippen LogP contribution >= 0.6 is 0 Å². The van der Waals surface area contributed by atoms with Crippen molar-refractivity contribution < 1.29 is 9.90 Å². The van der Waals surface area contributed by atoms with Crippen LogP contribution in [0.5, 0.6) is 0 Å². The van der Waals surface area contributed by atoms with Gasteiger partial charge in [0.2, 0.25) is 0 Å². The summed E-state index contributed by atoms with van der Waals surface area (Å²) in [6, 6.07) is 6.63. The van der Waals surface area contributed by atoms with E-state index in [1.807, 2.05) is 6.92 Å². The summed E-state index contributed by atoms with van der Waals surface area (Å²) in [7, 11) is 0. The molecule has 0 atom stereocenters. The van der Waals surface area contributed by atoms with Gasteiger partial charge in [-0.25, -0.2) is 4.98 Å². The average molecular weight is 272 g/mol. The van der Waals surface area contributed by atoms with Crippen molar-refractivity contribution in [2.75, 3.05) is 0 Å². The first-order chi connectivity index (χ1) is 9.43. The molecule has 0 bridgehead atoms. The summed E-state index contributed by atoms with van der Waals surface area (Å²) < 4.78 is 2.22. The molecule has 1 aliphatic carbocycles. The van der Waals surface area contributed by atoms with Crippen molar-refractivity contribution >= 4 is 17.0 Å². The lowest BCUT2D eigenvalue weighted by Gasteiger charge is -2.14. The summed E-state index contributed by atoms with van der Waals surface area (Å²) in [5.41, 5.74) is 3.09. The maximum absolute atomic E-state index is 11.0. The minimum absolute atomic E-state index is 0.143. The van der Waals surface area contributed by atoms with Crippen molar-refractivity contribution in [3.63, 3.8) is 0 Å². The van der Waals surface area contributed by atoms with E-state index >= 15 is 0 Å². The number of imidazole rings is 1. The van der Waals surface area contributed by atoms with Gasteiger partial charge in [-0.2, -0.15) is 0 Å². The van der Waals surface area contributed by atoms with Gasteiger partial charge in [-0.3, -0.25) is 4.79 Å². The first kappa shape index (κ1) is 13.2. The summed E-state index contributed by atoms with van der Waals surface area (Å²) in [6.07, 6.45) is 2.16. The fourth-order valence-electron chi connectivity index (χ4n) is 3.21. The van der Waals surface area contributed by atoms with Crippen LogP contribution in [0.4, 0.5) is 0 Å². The molecule has 0 aliphatic heterocycles. The Labute approximate surface area is 118 Å². The molecule has 0 amide bonds. The second-order valence-corrected chi connectivity index (χ2v) is 6.18. The normalized spacial score (nSPS) is 16.8. The predicted octanol–water partition coefficient (Wildman–Crippen LogP) is 3.43. The number of aliphatic carboxylic acids is 1. The maximum Gasteiger partial charge on any atom is 0.304 e. The minimum Gasteiger partial charge on any atom is -0.481 e. The van der Waals surface area contributed by atoms with Crippen molar-refractivity contribution in [2.24, 2.45) is 0 Å². The van der Waals surface area contributed by atoms with Crippen LogP contribution in [0.15, 0.2) is 18.2 Å². The molecular formula is C16H20N2O2. The Hall–Kier alpha value is -1.84. The number of benzene rings is 1. The summed E-state index contributed by atoms with van der Waals surface area (Å²) in [4.78, 5) is 15.7. The number of rotatable bonds is 4. The fourth-order valence-corrected chi connectivity index (χ4v) is 3.21. The van der Waals surface area contributed by atoms with Crippen LogP contribution in [-0.2, 0) is 10.2 Å². The highest BCUT2D eigenvalue weighted by molar-refractivity contribution is 5.78. The molecule has 0 radical (unpaired) electrons. The van der Waals surface area contributed by atoms with Crippen LogP contribution in [0.1, 0.15) is 50.5 Å². The number of fused-ring (bicyclic) bond motifs is 1.